The maximum absolute atomic E-state index is 13.7. The number of imidazole rings is 1. The van der Waals surface area contributed by atoms with Gasteiger partial charge in [0.05, 0.1) is 28.3 Å². The highest BCUT2D eigenvalue weighted by Gasteiger charge is 2.51. The second-order valence-corrected chi connectivity index (χ2v) is 9.83. The first-order chi connectivity index (χ1) is 15.2. The molecule has 3 aromatic rings. The fourth-order valence-corrected chi connectivity index (χ4v) is 5.89. The molecule has 6 heteroatoms. The van der Waals surface area contributed by atoms with Crippen molar-refractivity contribution in [3.8, 4) is 11.3 Å². The van der Waals surface area contributed by atoms with Gasteiger partial charge < -0.3 is 9.67 Å². The van der Waals surface area contributed by atoms with Gasteiger partial charge in [0.1, 0.15) is 11.6 Å². The minimum Gasteiger partial charge on any atom is -0.385 e. The lowest BCUT2D eigenvalue weighted by Crippen LogP contribution is -2.48. The zero-order valence-corrected chi connectivity index (χ0v) is 18.8. The van der Waals surface area contributed by atoms with Crippen molar-refractivity contribution in [1.82, 2.24) is 9.55 Å². The highest BCUT2D eigenvalue weighted by Crippen LogP contribution is 2.55. The first-order valence-electron chi connectivity index (χ1n) is 10.9. The molecule has 0 unspecified atom stereocenters. The van der Waals surface area contributed by atoms with Gasteiger partial charge in [-0.2, -0.15) is 0 Å². The van der Waals surface area contributed by atoms with Crippen LogP contribution in [-0.2, 0) is 12.1 Å². The Morgan fingerprint density at radius 2 is 1.94 bits per heavy atom. The summed E-state index contributed by atoms with van der Waals surface area (Å²) in [6.45, 7) is 4.68. The molecule has 0 spiro atoms. The summed E-state index contributed by atoms with van der Waals surface area (Å²) in [6.07, 6.45) is 6.76. The average Bonchev–Trinajstić information content (AvgIpc) is 3.15. The molecule has 2 heterocycles. The molecule has 1 saturated carbocycles. The molecule has 1 fully saturated rings. The number of benzene rings is 2. The minimum absolute atomic E-state index is 0.0176. The van der Waals surface area contributed by atoms with Crippen LogP contribution < -0.4 is 0 Å². The third kappa shape index (κ3) is 3.30. The number of hydrogen-bond acceptors (Lipinski definition) is 2. The van der Waals surface area contributed by atoms with Gasteiger partial charge in [0.25, 0.3) is 0 Å². The summed E-state index contributed by atoms with van der Waals surface area (Å²) in [5.41, 5.74) is 3.15. The van der Waals surface area contributed by atoms with Crippen molar-refractivity contribution in [3.05, 3.63) is 82.3 Å². The van der Waals surface area contributed by atoms with Crippen molar-refractivity contribution in [2.45, 2.75) is 45.3 Å². The maximum atomic E-state index is 13.7. The first kappa shape index (κ1) is 21.4. The number of nitrogens with zero attached hydrogens (tertiary/aromatic N) is 2. The topological polar surface area (TPSA) is 38.0 Å². The van der Waals surface area contributed by atoms with Crippen LogP contribution in [0.2, 0.25) is 5.02 Å². The molecule has 3 nitrogen and oxygen atoms in total. The Kier molecular flexibility index (Phi) is 5.02. The van der Waals surface area contributed by atoms with Crippen LogP contribution in [0.15, 0.2) is 54.4 Å². The van der Waals surface area contributed by atoms with Crippen LogP contribution in [0.1, 0.15) is 44.4 Å². The van der Waals surface area contributed by atoms with Gasteiger partial charge in [-0.3, -0.25) is 0 Å². The van der Waals surface area contributed by atoms with Crippen LogP contribution in [0.3, 0.4) is 0 Å². The normalized spacial score (nSPS) is 24.3. The minimum atomic E-state index is -1.18. The Balaban J connectivity index is 1.55. The van der Waals surface area contributed by atoms with Gasteiger partial charge in [-0.15, -0.1) is 0 Å². The van der Waals surface area contributed by atoms with E-state index in [9.17, 15) is 13.9 Å². The summed E-state index contributed by atoms with van der Waals surface area (Å²) in [5.74, 6) is -0.844. The molecule has 0 radical (unpaired) electrons. The van der Waals surface area contributed by atoms with Gasteiger partial charge in [-0.1, -0.05) is 30.2 Å². The van der Waals surface area contributed by atoms with Crippen molar-refractivity contribution >= 4 is 17.7 Å². The quantitative estimate of drug-likeness (QED) is 0.484. The summed E-state index contributed by atoms with van der Waals surface area (Å²) >= 11 is 6.04. The predicted octanol–water partition coefficient (Wildman–Crippen LogP) is 6.59. The molecule has 0 saturated heterocycles. The van der Waals surface area contributed by atoms with E-state index in [1.165, 1.54) is 29.8 Å². The van der Waals surface area contributed by atoms with Gasteiger partial charge in [0.15, 0.2) is 0 Å². The third-order valence-electron chi connectivity index (χ3n) is 7.43. The number of aliphatic hydroxyl groups is 1. The molecule has 1 aliphatic carbocycles. The van der Waals surface area contributed by atoms with E-state index in [1.54, 1.807) is 18.2 Å². The summed E-state index contributed by atoms with van der Waals surface area (Å²) in [6, 6.07) is 10.9. The van der Waals surface area contributed by atoms with Gasteiger partial charge in [-0.25, -0.2) is 13.8 Å². The van der Waals surface area contributed by atoms with Gasteiger partial charge in [0.2, 0.25) is 0 Å². The van der Waals surface area contributed by atoms with Crippen molar-refractivity contribution in [2.75, 3.05) is 0 Å². The molecule has 0 amide bonds. The van der Waals surface area contributed by atoms with Crippen molar-refractivity contribution in [1.29, 1.82) is 0 Å². The van der Waals surface area contributed by atoms with Gasteiger partial charge in [-0.05, 0) is 74.2 Å². The SMILES string of the molecule is C[C@]12Cn3cnc(-c4ccc(F)cc4)c3C=C1CCC[C@@H]2[C@](C)(O)c1ccc(F)c(Cl)c1. The third-order valence-corrected chi connectivity index (χ3v) is 7.72. The fourth-order valence-electron chi connectivity index (χ4n) is 5.70. The Bertz CT molecular complexity index is 1220. The lowest BCUT2D eigenvalue weighted by Gasteiger charge is -2.51. The molecule has 166 valence electrons. The second-order valence-electron chi connectivity index (χ2n) is 9.42. The Hall–Kier alpha value is -2.50. The lowest BCUT2D eigenvalue weighted by molar-refractivity contribution is -0.0713. The molecule has 0 bridgehead atoms. The Labute approximate surface area is 191 Å². The largest absolute Gasteiger partial charge is 0.385 e. The van der Waals surface area contributed by atoms with Gasteiger partial charge >= 0.3 is 0 Å². The van der Waals surface area contributed by atoms with E-state index >= 15 is 0 Å². The molecule has 2 aliphatic rings. The van der Waals surface area contributed by atoms with E-state index < -0.39 is 11.4 Å². The van der Waals surface area contributed by atoms with Crippen LogP contribution in [0, 0.1) is 23.0 Å². The molecule has 5 rings (SSSR count). The average molecular weight is 455 g/mol. The molecular formula is C26H25ClF2N2O. The number of halogens is 3. The zero-order valence-electron chi connectivity index (χ0n) is 18.1. The van der Waals surface area contributed by atoms with Crippen LogP contribution in [-0.4, -0.2) is 14.7 Å². The van der Waals surface area contributed by atoms with Crippen LogP contribution in [0.4, 0.5) is 8.78 Å². The number of fused-ring (bicyclic) bond motifs is 2. The Morgan fingerprint density at radius 1 is 1.19 bits per heavy atom. The standard InChI is InChI=1S/C26H25ClF2N2O/c1-25-14-31-15-30-24(16-6-9-19(28)10-7-16)22(31)13-17(25)4-3-5-23(25)26(2,32)18-8-11-21(29)20(27)12-18/h6-13,15,23,32H,3-5,14H2,1-2H3/t23-,25-,26+/m0/s1. The summed E-state index contributed by atoms with van der Waals surface area (Å²) in [5, 5.41) is 11.7. The molecule has 3 atom stereocenters. The fraction of sp³-hybridized carbons (Fsp3) is 0.346. The summed E-state index contributed by atoms with van der Waals surface area (Å²) in [4.78, 5) is 4.63. The van der Waals surface area contributed by atoms with Crippen molar-refractivity contribution < 1.29 is 13.9 Å². The van der Waals surface area contributed by atoms with Crippen LogP contribution in [0.25, 0.3) is 17.3 Å². The van der Waals surface area contributed by atoms with Crippen molar-refractivity contribution in [3.63, 3.8) is 0 Å². The summed E-state index contributed by atoms with van der Waals surface area (Å²) in [7, 11) is 0. The second kappa shape index (κ2) is 7.53. The van der Waals surface area contributed by atoms with Crippen molar-refractivity contribution in [2.24, 2.45) is 11.3 Å². The van der Waals surface area contributed by atoms with E-state index in [4.69, 9.17) is 11.6 Å². The number of rotatable bonds is 3. The smallest absolute Gasteiger partial charge is 0.141 e. The van der Waals surface area contributed by atoms with E-state index in [1.807, 2.05) is 13.3 Å². The molecule has 32 heavy (non-hydrogen) atoms. The molecular weight excluding hydrogens is 430 g/mol. The predicted molar refractivity (Wildman–Crippen MR) is 122 cm³/mol. The monoisotopic (exact) mass is 454 g/mol. The van der Waals surface area contributed by atoms with E-state index in [0.29, 0.717) is 12.1 Å². The van der Waals surface area contributed by atoms with Gasteiger partial charge in [0, 0.05) is 23.4 Å². The number of hydrogen-bond donors (Lipinski definition) is 1. The zero-order chi connectivity index (χ0) is 22.7. The Morgan fingerprint density at radius 3 is 2.66 bits per heavy atom. The van der Waals surface area contributed by atoms with E-state index in [0.717, 1.165) is 36.2 Å². The molecule has 1 aliphatic heterocycles. The maximum Gasteiger partial charge on any atom is 0.141 e. The highest BCUT2D eigenvalue weighted by molar-refractivity contribution is 6.30. The van der Waals surface area contributed by atoms with E-state index in [-0.39, 0.29) is 22.2 Å². The highest BCUT2D eigenvalue weighted by atomic mass is 35.5. The molecule has 1 N–H and O–H groups in total. The molecule has 1 aromatic heterocycles. The lowest BCUT2D eigenvalue weighted by atomic mass is 9.57. The van der Waals surface area contributed by atoms with E-state index in [2.05, 4.69) is 22.6 Å². The summed E-state index contributed by atoms with van der Waals surface area (Å²) < 4.78 is 29.3. The number of aromatic nitrogens is 2. The van der Waals surface area contributed by atoms with Crippen LogP contribution >= 0.6 is 11.6 Å². The first-order valence-corrected chi connectivity index (χ1v) is 11.3. The van der Waals surface area contributed by atoms with Crippen LogP contribution in [0.5, 0.6) is 0 Å². The number of allylic oxidation sites excluding steroid dienone is 1. The molecule has 2 aromatic carbocycles.